The van der Waals surface area contributed by atoms with Crippen molar-refractivity contribution in [2.45, 2.75) is 63.4 Å². The molecule has 0 fully saturated rings. The Bertz CT molecular complexity index is 876. The number of rotatable bonds is 10. The van der Waals surface area contributed by atoms with E-state index in [1.54, 1.807) is 10.6 Å². The van der Waals surface area contributed by atoms with Gasteiger partial charge in [0.1, 0.15) is 0 Å². The maximum absolute atomic E-state index is 13.2. The zero-order valence-electron chi connectivity index (χ0n) is 17.3. The van der Waals surface area contributed by atoms with E-state index in [9.17, 15) is 9.59 Å². The molecule has 0 aliphatic heterocycles. The highest BCUT2D eigenvalue weighted by atomic mass is 32.2. The topological polar surface area (TPSA) is 64.0 Å². The van der Waals surface area contributed by atoms with Crippen LogP contribution in [0.15, 0.2) is 46.9 Å². The number of hydrogen-bond donors (Lipinski definition) is 1. The first-order valence-corrected chi connectivity index (χ1v) is 10.8. The van der Waals surface area contributed by atoms with Crippen molar-refractivity contribution in [3.8, 4) is 0 Å². The third kappa shape index (κ3) is 5.71. The Morgan fingerprint density at radius 1 is 1.25 bits per heavy atom. The Balaban J connectivity index is 2.37. The normalized spacial score (nSPS) is 13.5. The molecule has 0 saturated heterocycles. The summed E-state index contributed by atoms with van der Waals surface area (Å²) in [6.45, 7) is 12.4. The fourth-order valence-electron chi connectivity index (χ4n) is 3.08. The summed E-state index contributed by atoms with van der Waals surface area (Å²) in [5.74, 6) is 0.549. The Morgan fingerprint density at radius 3 is 2.64 bits per heavy atom. The van der Waals surface area contributed by atoms with Gasteiger partial charge in [-0.2, -0.15) is 0 Å². The summed E-state index contributed by atoms with van der Waals surface area (Å²) in [4.78, 5) is 30.2. The highest BCUT2D eigenvalue weighted by Crippen LogP contribution is 2.27. The second-order valence-corrected chi connectivity index (χ2v) is 8.86. The number of carbonyl (C=O) groups is 1. The number of benzene rings is 1. The molecule has 1 heterocycles. The Hall–Kier alpha value is -2.08. The van der Waals surface area contributed by atoms with Crippen LogP contribution in [-0.4, -0.2) is 27.3 Å². The Morgan fingerprint density at radius 2 is 1.96 bits per heavy atom. The smallest absolute Gasteiger partial charge is 0.262 e. The summed E-state index contributed by atoms with van der Waals surface area (Å²) >= 11 is 1.33. The first-order chi connectivity index (χ1) is 13.3. The van der Waals surface area contributed by atoms with E-state index in [0.717, 1.165) is 19.3 Å². The molecule has 1 amide bonds. The molecule has 1 aromatic heterocycles. The van der Waals surface area contributed by atoms with E-state index >= 15 is 0 Å². The quantitative estimate of drug-likeness (QED) is 0.360. The summed E-state index contributed by atoms with van der Waals surface area (Å²) in [7, 11) is 0. The van der Waals surface area contributed by atoms with Crippen molar-refractivity contribution in [2.24, 2.45) is 5.92 Å². The number of amides is 1. The highest BCUT2D eigenvalue weighted by Gasteiger charge is 2.21. The van der Waals surface area contributed by atoms with Crippen LogP contribution in [-0.2, 0) is 4.79 Å². The highest BCUT2D eigenvalue weighted by molar-refractivity contribution is 8.00. The lowest BCUT2D eigenvalue weighted by Gasteiger charge is -2.21. The van der Waals surface area contributed by atoms with E-state index < -0.39 is 0 Å². The van der Waals surface area contributed by atoms with E-state index in [4.69, 9.17) is 4.98 Å². The van der Waals surface area contributed by atoms with Crippen LogP contribution < -0.4 is 10.9 Å². The van der Waals surface area contributed by atoms with Crippen LogP contribution in [0.25, 0.3) is 10.9 Å². The lowest BCUT2D eigenvalue weighted by molar-refractivity contribution is -0.120. The SMILES string of the molecule is C=CCNC(=O)[C@@H](C)Sc1nc2ccccc2c(=O)n1[C@@H](C)CCCC(C)C. The van der Waals surface area contributed by atoms with Gasteiger partial charge in [0.15, 0.2) is 5.16 Å². The van der Waals surface area contributed by atoms with Gasteiger partial charge in [-0.15, -0.1) is 6.58 Å². The zero-order valence-corrected chi connectivity index (χ0v) is 18.1. The van der Waals surface area contributed by atoms with Crippen LogP contribution in [0.3, 0.4) is 0 Å². The predicted octanol–water partition coefficient (Wildman–Crippen LogP) is 4.57. The van der Waals surface area contributed by atoms with Crippen LogP contribution in [0.2, 0.25) is 0 Å². The lowest BCUT2D eigenvalue weighted by atomic mass is 10.0. The zero-order chi connectivity index (χ0) is 20.7. The summed E-state index contributed by atoms with van der Waals surface area (Å²) in [5, 5.41) is 3.66. The summed E-state index contributed by atoms with van der Waals surface area (Å²) < 4.78 is 1.77. The lowest BCUT2D eigenvalue weighted by Crippen LogP contribution is -2.32. The molecule has 28 heavy (non-hydrogen) atoms. The van der Waals surface area contributed by atoms with E-state index in [1.165, 1.54) is 11.8 Å². The van der Waals surface area contributed by atoms with Gasteiger partial charge < -0.3 is 5.32 Å². The predicted molar refractivity (Wildman–Crippen MR) is 118 cm³/mol. The van der Waals surface area contributed by atoms with Crippen molar-refractivity contribution in [3.63, 3.8) is 0 Å². The van der Waals surface area contributed by atoms with Gasteiger partial charge in [0, 0.05) is 12.6 Å². The molecular formula is C22H31N3O2S. The average molecular weight is 402 g/mol. The molecule has 0 bridgehead atoms. The number of carbonyl (C=O) groups excluding carboxylic acids is 1. The third-order valence-corrected chi connectivity index (χ3v) is 5.76. The number of nitrogens with one attached hydrogen (secondary N) is 1. The third-order valence-electron chi connectivity index (χ3n) is 4.69. The second-order valence-electron chi connectivity index (χ2n) is 7.55. The van der Waals surface area contributed by atoms with E-state index in [2.05, 4.69) is 32.7 Å². The molecule has 152 valence electrons. The number of aromatic nitrogens is 2. The summed E-state index contributed by atoms with van der Waals surface area (Å²) in [6, 6.07) is 7.42. The largest absolute Gasteiger partial charge is 0.352 e. The van der Waals surface area contributed by atoms with Crippen molar-refractivity contribution in [2.75, 3.05) is 6.54 Å². The molecular weight excluding hydrogens is 370 g/mol. The molecule has 2 atom stereocenters. The van der Waals surface area contributed by atoms with Crippen LogP contribution in [0.5, 0.6) is 0 Å². The summed E-state index contributed by atoms with van der Waals surface area (Å²) in [5.41, 5.74) is 0.628. The first kappa shape index (κ1) is 22.2. The van der Waals surface area contributed by atoms with Gasteiger partial charge in [-0.1, -0.05) is 56.7 Å². The number of hydrogen-bond acceptors (Lipinski definition) is 4. The monoisotopic (exact) mass is 401 g/mol. The molecule has 2 aromatic rings. The average Bonchev–Trinajstić information content (AvgIpc) is 2.65. The molecule has 6 heteroatoms. The van der Waals surface area contributed by atoms with E-state index in [0.29, 0.717) is 28.5 Å². The van der Waals surface area contributed by atoms with Gasteiger partial charge >= 0.3 is 0 Å². The molecule has 2 rings (SSSR count). The number of fused-ring (bicyclic) bond motifs is 1. The van der Waals surface area contributed by atoms with Gasteiger partial charge in [0.25, 0.3) is 5.56 Å². The maximum atomic E-state index is 13.2. The Kier molecular flexibility index (Phi) is 8.30. The molecule has 1 aromatic carbocycles. The minimum atomic E-state index is -0.359. The molecule has 0 aliphatic rings. The van der Waals surface area contributed by atoms with Crippen molar-refractivity contribution < 1.29 is 4.79 Å². The molecule has 0 unspecified atom stereocenters. The van der Waals surface area contributed by atoms with Crippen molar-refractivity contribution >= 4 is 28.6 Å². The molecule has 0 saturated carbocycles. The van der Waals surface area contributed by atoms with Crippen LogP contribution in [0.1, 0.15) is 53.0 Å². The van der Waals surface area contributed by atoms with Crippen molar-refractivity contribution in [3.05, 3.63) is 47.3 Å². The van der Waals surface area contributed by atoms with Crippen LogP contribution in [0.4, 0.5) is 0 Å². The molecule has 0 spiro atoms. The van der Waals surface area contributed by atoms with Crippen molar-refractivity contribution in [1.82, 2.24) is 14.9 Å². The number of nitrogens with zero attached hydrogens (tertiary/aromatic N) is 2. The van der Waals surface area contributed by atoms with E-state index in [1.807, 2.05) is 31.2 Å². The minimum Gasteiger partial charge on any atom is -0.352 e. The van der Waals surface area contributed by atoms with Gasteiger partial charge in [-0.05, 0) is 38.3 Å². The minimum absolute atomic E-state index is 0.0225. The summed E-state index contributed by atoms with van der Waals surface area (Å²) in [6.07, 6.45) is 4.74. The fourth-order valence-corrected chi connectivity index (χ4v) is 4.11. The van der Waals surface area contributed by atoms with Gasteiger partial charge in [0.2, 0.25) is 5.91 Å². The second kappa shape index (κ2) is 10.5. The first-order valence-electron chi connectivity index (χ1n) is 9.91. The number of thioether (sulfide) groups is 1. The van der Waals surface area contributed by atoms with Crippen LogP contribution in [0, 0.1) is 5.92 Å². The molecule has 5 nitrogen and oxygen atoms in total. The standard InChI is InChI=1S/C22H31N3O2S/c1-6-14-23-20(26)17(5)28-22-24-19-13-8-7-12-18(19)21(27)25(22)16(4)11-9-10-15(2)3/h6-8,12-13,15-17H,1,9-11,14H2,2-5H3,(H,23,26)/t16-,17+/m0/s1. The van der Waals surface area contributed by atoms with E-state index in [-0.39, 0.29) is 22.8 Å². The fraction of sp³-hybridized carbons (Fsp3) is 0.500. The van der Waals surface area contributed by atoms with Crippen LogP contribution >= 0.6 is 11.8 Å². The van der Waals surface area contributed by atoms with Crippen molar-refractivity contribution in [1.29, 1.82) is 0 Å². The van der Waals surface area contributed by atoms with Gasteiger partial charge in [-0.3, -0.25) is 14.2 Å². The maximum Gasteiger partial charge on any atom is 0.262 e. The Labute approximate surface area is 171 Å². The van der Waals surface area contributed by atoms with Gasteiger partial charge in [-0.25, -0.2) is 4.98 Å². The molecule has 0 radical (unpaired) electrons. The number of para-hydroxylation sites is 1. The molecule has 1 N–H and O–H groups in total. The molecule has 0 aliphatic carbocycles. The van der Waals surface area contributed by atoms with Gasteiger partial charge in [0.05, 0.1) is 16.2 Å².